The molecule has 0 aliphatic carbocycles. The van der Waals surface area contributed by atoms with Crippen molar-refractivity contribution in [2.45, 2.75) is 35.3 Å². The van der Waals surface area contributed by atoms with Crippen LogP contribution in [0.15, 0.2) is 28.2 Å². The molecule has 1 aromatic carbocycles. The van der Waals surface area contributed by atoms with Gasteiger partial charge in [0.05, 0.1) is 10.9 Å². The van der Waals surface area contributed by atoms with Gasteiger partial charge in [0.25, 0.3) is 5.56 Å². The smallest absolute Gasteiger partial charge is 0.255 e. The number of H-pyrrole nitrogens is 1. The summed E-state index contributed by atoms with van der Waals surface area (Å²) in [7, 11) is 0. The number of anilines is 1. The minimum atomic E-state index is -0.839. The highest BCUT2D eigenvalue weighted by atomic mass is 32.2. The second kappa shape index (κ2) is 7.57. The highest BCUT2D eigenvalue weighted by Gasteiger charge is 2.24. The Morgan fingerprint density at radius 2 is 2.12 bits per heavy atom. The van der Waals surface area contributed by atoms with Crippen molar-refractivity contribution >= 4 is 35.1 Å². The first-order valence-electron chi connectivity index (χ1n) is 7.61. The maximum absolute atomic E-state index is 13.7. The number of aromatic amines is 1. The molecule has 1 amide bonds. The van der Waals surface area contributed by atoms with Crippen LogP contribution < -0.4 is 10.9 Å². The van der Waals surface area contributed by atoms with E-state index in [1.807, 2.05) is 0 Å². The lowest BCUT2D eigenvalue weighted by molar-refractivity contribution is -0.115. The van der Waals surface area contributed by atoms with Crippen LogP contribution in [-0.4, -0.2) is 21.1 Å². The normalized spacial score (nSPS) is 14.2. The van der Waals surface area contributed by atoms with Crippen LogP contribution in [-0.2, 0) is 16.3 Å². The summed E-state index contributed by atoms with van der Waals surface area (Å²) in [6.07, 6.45) is 0.405. The molecule has 1 atom stereocenters. The number of amides is 1. The van der Waals surface area contributed by atoms with Crippen LogP contribution in [0.4, 0.5) is 14.5 Å². The van der Waals surface area contributed by atoms with Gasteiger partial charge in [-0.05, 0) is 18.6 Å². The Labute approximate surface area is 151 Å². The third-order valence-corrected chi connectivity index (χ3v) is 5.91. The Morgan fingerprint density at radius 1 is 1.40 bits per heavy atom. The Hall–Kier alpha value is -1.87. The van der Waals surface area contributed by atoms with Gasteiger partial charge in [-0.25, -0.2) is 13.8 Å². The van der Waals surface area contributed by atoms with E-state index in [9.17, 15) is 18.4 Å². The molecule has 0 saturated heterocycles. The number of halogens is 2. The van der Waals surface area contributed by atoms with Gasteiger partial charge in [-0.1, -0.05) is 24.8 Å². The largest absolute Gasteiger partial charge is 0.320 e. The molecule has 0 fully saturated rings. The van der Waals surface area contributed by atoms with Crippen molar-refractivity contribution in [2.24, 2.45) is 0 Å². The SMILES string of the molecule is CCC(Sc1nc2c(c(=O)[nH]1)CSC2)C(=O)Nc1c(F)cccc1F. The van der Waals surface area contributed by atoms with Crippen LogP contribution in [0.25, 0.3) is 0 Å². The summed E-state index contributed by atoms with van der Waals surface area (Å²) < 4.78 is 27.4. The third kappa shape index (κ3) is 3.87. The number of para-hydroxylation sites is 1. The first-order chi connectivity index (χ1) is 12.0. The van der Waals surface area contributed by atoms with Crippen LogP contribution in [0.3, 0.4) is 0 Å². The van der Waals surface area contributed by atoms with Gasteiger partial charge in [-0.2, -0.15) is 11.8 Å². The number of carbonyl (C=O) groups excluding carboxylic acids is 1. The molecule has 132 valence electrons. The molecule has 0 bridgehead atoms. The number of nitrogens with one attached hydrogen (secondary N) is 2. The maximum Gasteiger partial charge on any atom is 0.255 e. The van der Waals surface area contributed by atoms with Gasteiger partial charge in [-0.15, -0.1) is 0 Å². The summed E-state index contributed by atoms with van der Waals surface area (Å²) in [6, 6.07) is 3.37. The van der Waals surface area contributed by atoms with Crippen molar-refractivity contribution in [3.8, 4) is 0 Å². The van der Waals surface area contributed by atoms with E-state index in [1.54, 1.807) is 18.7 Å². The lowest BCUT2D eigenvalue weighted by Gasteiger charge is -2.15. The van der Waals surface area contributed by atoms with Gasteiger partial charge in [0.2, 0.25) is 5.91 Å². The van der Waals surface area contributed by atoms with Gasteiger partial charge < -0.3 is 10.3 Å². The van der Waals surface area contributed by atoms with E-state index in [1.165, 1.54) is 6.07 Å². The van der Waals surface area contributed by atoms with Crippen LogP contribution in [0.5, 0.6) is 0 Å². The number of hydrogen-bond donors (Lipinski definition) is 2. The number of carbonyl (C=O) groups is 1. The fraction of sp³-hybridized carbons (Fsp3) is 0.312. The first-order valence-corrected chi connectivity index (χ1v) is 9.64. The van der Waals surface area contributed by atoms with Gasteiger partial charge in [0, 0.05) is 17.1 Å². The summed E-state index contributed by atoms with van der Waals surface area (Å²) >= 11 is 2.68. The molecule has 25 heavy (non-hydrogen) atoms. The molecule has 1 aromatic heterocycles. The molecule has 9 heteroatoms. The molecule has 3 rings (SSSR count). The lowest BCUT2D eigenvalue weighted by atomic mass is 10.2. The Kier molecular flexibility index (Phi) is 5.43. The average Bonchev–Trinajstić information content (AvgIpc) is 3.05. The number of hydrogen-bond acceptors (Lipinski definition) is 5. The van der Waals surface area contributed by atoms with E-state index in [4.69, 9.17) is 0 Å². The molecule has 1 aliphatic rings. The van der Waals surface area contributed by atoms with E-state index >= 15 is 0 Å². The topological polar surface area (TPSA) is 74.8 Å². The molecule has 1 aliphatic heterocycles. The summed E-state index contributed by atoms with van der Waals surface area (Å²) in [4.78, 5) is 31.5. The quantitative estimate of drug-likeness (QED) is 0.612. The monoisotopic (exact) mass is 383 g/mol. The molecule has 2 N–H and O–H groups in total. The molecule has 0 spiro atoms. The molecule has 2 heterocycles. The van der Waals surface area contributed by atoms with Crippen molar-refractivity contribution in [2.75, 3.05) is 5.32 Å². The van der Waals surface area contributed by atoms with E-state index in [0.29, 0.717) is 28.6 Å². The van der Waals surface area contributed by atoms with Crippen molar-refractivity contribution in [1.82, 2.24) is 9.97 Å². The molecule has 0 saturated carbocycles. The number of benzene rings is 1. The average molecular weight is 383 g/mol. The fourth-order valence-corrected chi connectivity index (χ4v) is 4.33. The minimum Gasteiger partial charge on any atom is -0.320 e. The predicted octanol–water partition coefficient (Wildman–Crippen LogP) is 3.30. The zero-order valence-electron chi connectivity index (χ0n) is 13.3. The lowest BCUT2D eigenvalue weighted by Crippen LogP contribution is -2.26. The summed E-state index contributed by atoms with van der Waals surface area (Å²) in [5.41, 5.74) is 0.721. The molecule has 0 radical (unpaired) electrons. The van der Waals surface area contributed by atoms with Gasteiger partial charge in [0.1, 0.15) is 17.3 Å². The van der Waals surface area contributed by atoms with E-state index in [-0.39, 0.29) is 5.56 Å². The zero-order chi connectivity index (χ0) is 18.0. The first kappa shape index (κ1) is 17.9. The van der Waals surface area contributed by atoms with Gasteiger partial charge in [-0.3, -0.25) is 9.59 Å². The number of thioether (sulfide) groups is 2. The maximum atomic E-state index is 13.7. The van der Waals surface area contributed by atoms with Crippen molar-refractivity contribution in [1.29, 1.82) is 0 Å². The highest BCUT2D eigenvalue weighted by molar-refractivity contribution is 8.00. The van der Waals surface area contributed by atoms with Crippen molar-refractivity contribution in [3.05, 3.63) is 51.4 Å². The minimum absolute atomic E-state index is 0.201. The van der Waals surface area contributed by atoms with Crippen molar-refractivity contribution in [3.63, 3.8) is 0 Å². The van der Waals surface area contributed by atoms with Crippen LogP contribution >= 0.6 is 23.5 Å². The Balaban J connectivity index is 1.78. The summed E-state index contributed by atoms with van der Waals surface area (Å²) in [6.45, 7) is 1.77. The number of nitrogens with zero attached hydrogens (tertiary/aromatic N) is 1. The molecule has 2 aromatic rings. The second-order valence-electron chi connectivity index (χ2n) is 5.39. The summed E-state index contributed by atoms with van der Waals surface area (Å²) in [5.74, 6) is -0.930. The van der Waals surface area contributed by atoms with E-state index in [2.05, 4.69) is 15.3 Å². The van der Waals surface area contributed by atoms with Crippen LogP contribution in [0.1, 0.15) is 24.6 Å². The highest BCUT2D eigenvalue weighted by Crippen LogP contribution is 2.29. The van der Waals surface area contributed by atoms with E-state index in [0.717, 1.165) is 29.6 Å². The standard InChI is InChI=1S/C16H15F2N3O2S2/c1-2-12(15(23)20-13-9(17)4-3-5-10(13)18)25-16-19-11-7-24-6-8(11)14(22)21-16/h3-5,12H,2,6-7H2,1H3,(H,20,23)(H,19,21,22). The van der Waals surface area contributed by atoms with Gasteiger partial charge >= 0.3 is 0 Å². The number of aromatic nitrogens is 2. The predicted molar refractivity (Wildman–Crippen MR) is 94.8 cm³/mol. The van der Waals surface area contributed by atoms with E-state index < -0.39 is 28.5 Å². The third-order valence-electron chi connectivity index (χ3n) is 3.69. The number of rotatable bonds is 5. The second-order valence-corrected chi connectivity index (χ2v) is 7.57. The zero-order valence-corrected chi connectivity index (χ0v) is 14.9. The van der Waals surface area contributed by atoms with Crippen molar-refractivity contribution < 1.29 is 13.6 Å². The summed E-state index contributed by atoms with van der Waals surface area (Å²) in [5, 5.41) is 1.97. The molecule has 1 unspecified atom stereocenters. The fourth-order valence-electron chi connectivity index (χ4n) is 2.37. The Bertz CT molecular complexity index is 853. The van der Waals surface area contributed by atoms with Crippen LogP contribution in [0, 0.1) is 11.6 Å². The Morgan fingerprint density at radius 3 is 2.80 bits per heavy atom. The number of fused-ring (bicyclic) bond motifs is 1. The molecular formula is C16H15F2N3O2S2. The molecular weight excluding hydrogens is 368 g/mol. The van der Waals surface area contributed by atoms with Gasteiger partial charge in [0.15, 0.2) is 5.16 Å². The van der Waals surface area contributed by atoms with Crippen LogP contribution in [0.2, 0.25) is 0 Å². The molecule has 5 nitrogen and oxygen atoms in total.